The van der Waals surface area contributed by atoms with Gasteiger partial charge in [0.25, 0.3) is 0 Å². The lowest BCUT2D eigenvalue weighted by atomic mass is 9.89. The molecule has 0 amide bonds. The molecule has 7 rings (SSSR count). The zero-order valence-corrected chi connectivity index (χ0v) is 20.5. The van der Waals surface area contributed by atoms with Crippen LogP contribution in [0.1, 0.15) is 0 Å². The summed E-state index contributed by atoms with van der Waals surface area (Å²) < 4.78 is 1.04. The molecule has 0 N–H and O–H groups in total. The third-order valence-corrected chi connectivity index (χ3v) is 7.36. The minimum atomic E-state index is 0.964. The molecule has 0 spiro atoms. The van der Waals surface area contributed by atoms with Crippen molar-refractivity contribution in [2.24, 2.45) is 0 Å². The van der Waals surface area contributed by atoms with Crippen LogP contribution in [-0.2, 0) is 0 Å². The van der Waals surface area contributed by atoms with Crippen molar-refractivity contribution in [2.75, 3.05) is 0 Å². The van der Waals surface area contributed by atoms with Crippen molar-refractivity contribution < 1.29 is 0 Å². The van der Waals surface area contributed by atoms with Crippen molar-refractivity contribution in [3.63, 3.8) is 0 Å². The van der Waals surface area contributed by atoms with E-state index in [1.165, 1.54) is 54.6 Å². The molecule has 0 fully saturated rings. The van der Waals surface area contributed by atoms with Crippen molar-refractivity contribution in [3.8, 4) is 33.5 Å². The Kier molecular flexibility index (Phi) is 4.68. The highest BCUT2D eigenvalue weighted by molar-refractivity contribution is 9.10. The third-order valence-electron chi connectivity index (χ3n) is 6.90. The maximum absolute atomic E-state index is 4.72. The fourth-order valence-corrected chi connectivity index (χ4v) is 5.77. The molecule has 6 aromatic carbocycles. The van der Waals surface area contributed by atoms with E-state index in [1.807, 2.05) is 12.3 Å². The van der Waals surface area contributed by atoms with Gasteiger partial charge in [0, 0.05) is 16.2 Å². The SMILES string of the molecule is Brc1cc(-c2cc(-c3ccccc3)ccn2)cc(-c2ccc3ccc4cccc5ccc2c3c45)c1. The maximum Gasteiger partial charge on any atom is 0.0708 e. The van der Waals surface area contributed by atoms with Crippen LogP contribution in [-0.4, -0.2) is 4.98 Å². The third kappa shape index (κ3) is 3.41. The Bertz CT molecular complexity index is 1840. The van der Waals surface area contributed by atoms with E-state index >= 15 is 0 Å². The predicted octanol–water partition coefficient (Wildman–Crippen LogP) is 9.74. The predicted molar refractivity (Wildman–Crippen MR) is 152 cm³/mol. The molecule has 35 heavy (non-hydrogen) atoms. The van der Waals surface area contributed by atoms with Crippen molar-refractivity contribution in [2.45, 2.75) is 0 Å². The second-order valence-corrected chi connectivity index (χ2v) is 9.91. The van der Waals surface area contributed by atoms with E-state index in [2.05, 4.69) is 125 Å². The summed E-state index contributed by atoms with van der Waals surface area (Å²) >= 11 is 3.77. The largest absolute Gasteiger partial charge is 0.256 e. The monoisotopic (exact) mass is 509 g/mol. The van der Waals surface area contributed by atoms with Gasteiger partial charge in [-0.25, -0.2) is 0 Å². The first kappa shape index (κ1) is 20.4. The van der Waals surface area contributed by atoms with Crippen molar-refractivity contribution in [1.82, 2.24) is 4.98 Å². The summed E-state index contributed by atoms with van der Waals surface area (Å²) in [5.41, 5.74) is 6.83. The van der Waals surface area contributed by atoms with Crippen LogP contribution in [0.2, 0.25) is 0 Å². The van der Waals surface area contributed by atoms with Crippen LogP contribution in [0.5, 0.6) is 0 Å². The van der Waals surface area contributed by atoms with Gasteiger partial charge >= 0.3 is 0 Å². The first-order valence-corrected chi connectivity index (χ1v) is 12.5. The highest BCUT2D eigenvalue weighted by Crippen LogP contribution is 2.40. The summed E-state index contributed by atoms with van der Waals surface area (Å²) in [4.78, 5) is 4.72. The second kappa shape index (κ2) is 8.04. The van der Waals surface area contributed by atoms with Crippen molar-refractivity contribution in [1.29, 1.82) is 0 Å². The summed E-state index contributed by atoms with van der Waals surface area (Å²) in [6.45, 7) is 0. The molecule has 0 bridgehead atoms. The average Bonchev–Trinajstić information content (AvgIpc) is 2.92. The minimum absolute atomic E-state index is 0.964. The lowest BCUT2D eigenvalue weighted by Gasteiger charge is -2.15. The van der Waals surface area contributed by atoms with Crippen molar-refractivity contribution >= 4 is 48.2 Å². The highest BCUT2D eigenvalue weighted by Gasteiger charge is 2.13. The fourth-order valence-electron chi connectivity index (χ4n) is 5.28. The van der Waals surface area contributed by atoms with Gasteiger partial charge in [-0.1, -0.05) is 101 Å². The van der Waals surface area contributed by atoms with E-state index in [-0.39, 0.29) is 0 Å². The number of aromatic nitrogens is 1. The van der Waals surface area contributed by atoms with Crippen LogP contribution < -0.4 is 0 Å². The van der Waals surface area contributed by atoms with Gasteiger partial charge in [0.2, 0.25) is 0 Å². The molecule has 1 aromatic heterocycles. The molecule has 2 heteroatoms. The molecule has 1 nitrogen and oxygen atoms in total. The molecular formula is C33H20BrN. The summed E-state index contributed by atoms with van der Waals surface area (Å²) in [5.74, 6) is 0. The van der Waals surface area contributed by atoms with Crippen LogP contribution >= 0.6 is 15.9 Å². The molecule has 0 unspecified atom stereocenters. The summed E-state index contributed by atoms with van der Waals surface area (Å²) in [6.07, 6.45) is 1.90. The normalized spacial score (nSPS) is 11.6. The molecule has 0 saturated heterocycles. The van der Waals surface area contributed by atoms with Crippen LogP contribution in [0.4, 0.5) is 0 Å². The number of rotatable bonds is 3. The van der Waals surface area contributed by atoms with Crippen molar-refractivity contribution in [3.05, 3.63) is 126 Å². The molecule has 0 aliphatic carbocycles. The maximum atomic E-state index is 4.72. The van der Waals surface area contributed by atoms with Gasteiger partial charge in [0.05, 0.1) is 5.69 Å². The molecule has 7 aromatic rings. The van der Waals surface area contributed by atoms with E-state index in [1.54, 1.807) is 0 Å². The Morgan fingerprint density at radius 2 is 1.20 bits per heavy atom. The molecule has 1 heterocycles. The minimum Gasteiger partial charge on any atom is -0.256 e. The van der Waals surface area contributed by atoms with Crippen LogP contribution in [0, 0.1) is 0 Å². The molecule has 164 valence electrons. The zero-order valence-electron chi connectivity index (χ0n) is 18.9. The smallest absolute Gasteiger partial charge is 0.0708 e. The zero-order chi connectivity index (χ0) is 23.4. The number of hydrogen-bond donors (Lipinski definition) is 0. The number of nitrogens with zero attached hydrogens (tertiary/aromatic N) is 1. The van der Waals surface area contributed by atoms with E-state index < -0.39 is 0 Å². The van der Waals surface area contributed by atoms with Gasteiger partial charge in [-0.2, -0.15) is 0 Å². The molecule has 0 radical (unpaired) electrons. The molecule has 0 saturated carbocycles. The number of hydrogen-bond acceptors (Lipinski definition) is 1. The molecule has 0 aliphatic rings. The quantitative estimate of drug-likeness (QED) is 0.216. The topological polar surface area (TPSA) is 12.9 Å². The highest BCUT2D eigenvalue weighted by atomic mass is 79.9. The first-order chi connectivity index (χ1) is 17.2. The van der Waals surface area contributed by atoms with Gasteiger partial charge in [-0.15, -0.1) is 0 Å². The Morgan fingerprint density at radius 3 is 2.03 bits per heavy atom. The van der Waals surface area contributed by atoms with Gasteiger partial charge in [-0.3, -0.25) is 4.98 Å². The lowest BCUT2D eigenvalue weighted by Crippen LogP contribution is -1.89. The van der Waals surface area contributed by atoms with Gasteiger partial charge in [0.1, 0.15) is 0 Å². The van der Waals surface area contributed by atoms with E-state index in [9.17, 15) is 0 Å². The number of halogens is 1. The number of pyridine rings is 1. The number of benzene rings is 6. The van der Waals surface area contributed by atoms with Crippen LogP contribution in [0.25, 0.3) is 65.8 Å². The fraction of sp³-hybridized carbons (Fsp3) is 0. The molecule has 0 atom stereocenters. The summed E-state index contributed by atoms with van der Waals surface area (Å²) in [6, 6.07) is 41.3. The van der Waals surface area contributed by atoms with Crippen LogP contribution in [0.3, 0.4) is 0 Å². The van der Waals surface area contributed by atoms with E-state index in [4.69, 9.17) is 4.98 Å². The van der Waals surface area contributed by atoms with Gasteiger partial charge in [-0.05, 0) is 84.9 Å². The Hall–Kier alpha value is -4.01. The Balaban J connectivity index is 1.43. The lowest BCUT2D eigenvalue weighted by molar-refractivity contribution is 1.32. The van der Waals surface area contributed by atoms with E-state index in [0.29, 0.717) is 0 Å². The standard InChI is InChI=1S/C33H20BrN/c34-28-18-26(17-27(19-28)31-20-25(15-16-35-31)21-5-2-1-3-6-21)29-13-11-24-10-9-22-7-4-8-23-12-14-30(29)33(24)32(22)23/h1-20H. The van der Waals surface area contributed by atoms with Crippen LogP contribution in [0.15, 0.2) is 126 Å². The molecular weight excluding hydrogens is 490 g/mol. The average molecular weight is 510 g/mol. The molecule has 0 aliphatic heterocycles. The van der Waals surface area contributed by atoms with E-state index in [0.717, 1.165) is 15.7 Å². The summed E-state index contributed by atoms with van der Waals surface area (Å²) in [5, 5.41) is 7.81. The van der Waals surface area contributed by atoms with Gasteiger partial charge < -0.3 is 0 Å². The second-order valence-electron chi connectivity index (χ2n) is 8.99. The Labute approximate surface area is 212 Å². The summed E-state index contributed by atoms with van der Waals surface area (Å²) in [7, 11) is 0. The van der Waals surface area contributed by atoms with Gasteiger partial charge in [0.15, 0.2) is 0 Å². The first-order valence-electron chi connectivity index (χ1n) is 11.7. The Morgan fingerprint density at radius 1 is 0.486 bits per heavy atom.